The van der Waals surface area contributed by atoms with Gasteiger partial charge in [-0.05, 0) is 34.0 Å². The van der Waals surface area contributed by atoms with Crippen LogP contribution in [0.1, 0.15) is 25.3 Å². The molecule has 2 heterocycles. The lowest BCUT2D eigenvalue weighted by Gasteiger charge is -2.02. The lowest BCUT2D eigenvalue weighted by molar-refractivity contribution is 0.434. The minimum absolute atomic E-state index is 0.245. The molecule has 2 N–H and O–H groups in total. The van der Waals surface area contributed by atoms with E-state index in [2.05, 4.69) is 21.1 Å². The molecule has 0 saturated heterocycles. The third-order valence-corrected chi connectivity index (χ3v) is 2.57. The molecule has 0 fully saturated rings. The van der Waals surface area contributed by atoms with Crippen molar-refractivity contribution in [3.8, 4) is 11.5 Å². The maximum atomic E-state index is 5.70. The second-order valence-electron chi connectivity index (χ2n) is 3.57. The predicted octanol–water partition coefficient (Wildman–Crippen LogP) is 3.40. The van der Waals surface area contributed by atoms with E-state index in [9.17, 15) is 0 Å². The van der Waals surface area contributed by atoms with Crippen molar-refractivity contribution in [1.29, 1.82) is 0 Å². The number of nitrogen functional groups attached to an aromatic ring is 1. The highest BCUT2D eigenvalue weighted by Gasteiger charge is 2.20. The molecule has 2 aromatic rings. The lowest BCUT2D eigenvalue weighted by Crippen LogP contribution is -1.93. The SMILES string of the molecule is CC(C)c1c(-c2ccc(Br)o2)noc1N. The van der Waals surface area contributed by atoms with Gasteiger partial charge in [0.2, 0.25) is 5.88 Å². The van der Waals surface area contributed by atoms with E-state index in [1.54, 1.807) is 0 Å². The molecule has 0 aliphatic rings. The Morgan fingerprint density at radius 3 is 2.67 bits per heavy atom. The van der Waals surface area contributed by atoms with Crippen LogP contribution in [0.25, 0.3) is 11.5 Å². The molecule has 0 unspecified atom stereocenters. The van der Waals surface area contributed by atoms with E-state index in [0.717, 1.165) is 5.56 Å². The molecule has 80 valence electrons. The molecule has 0 aliphatic carbocycles. The number of nitrogens with two attached hydrogens (primary N) is 1. The quantitative estimate of drug-likeness (QED) is 0.909. The van der Waals surface area contributed by atoms with Crippen molar-refractivity contribution >= 4 is 21.8 Å². The van der Waals surface area contributed by atoms with Crippen molar-refractivity contribution in [3.05, 3.63) is 22.4 Å². The summed E-state index contributed by atoms with van der Waals surface area (Å²) in [5.41, 5.74) is 7.26. The molecule has 15 heavy (non-hydrogen) atoms. The predicted molar refractivity (Wildman–Crippen MR) is 60.4 cm³/mol. The summed E-state index contributed by atoms with van der Waals surface area (Å²) in [5, 5.41) is 3.91. The normalized spacial score (nSPS) is 11.2. The van der Waals surface area contributed by atoms with Crippen molar-refractivity contribution in [2.24, 2.45) is 0 Å². The molecule has 4 nitrogen and oxygen atoms in total. The van der Waals surface area contributed by atoms with Gasteiger partial charge in [0.05, 0.1) is 5.56 Å². The molecule has 0 aliphatic heterocycles. The Hall–Kier alpha value is -1.23. The van der Waals surface area contributed by atoms with Crippen LogP contribution in [0.4, 0.5) is 5.88 Å². The molecule has 0 atom stereocenters. The number of halogens is 1. The maximum Gasteiger partial charge on any atom is 0.226 e. The third kappa shape index (κ3) is 1.79. The minimum atomic E-state index is 0.245. The fraction of sp³-hybridized carbons (Fsp3) is 0.300. The Balaban J connectivity index is 2.53. The number of hydrogen-bond donors (Lipinski definition) is 1. The number of rotatable bonds is 2. The highest BCUT2D eigenvalue weighted by molar-refractivity contribution is 9.10. The minimum Gasteiger partial charge on any atom is -0.448 e. The van der Waals surface area contributed by atoms with E-state index in [4.69, 9.17) is 14.7 Å². The summed E-state index contributed by atoms with van der Waals surface area (Å²) in [5.74, 6) is 1.26. The average Bonchev–Trinajstić information content (AvgIpc) is 2.71. The summed E-state index contributed by atoms with van der Waals surface area (Å²) in [4.78, 5) is 0. The average molecular weight is 271 g/mol. The summed E-state index contributed by atoms with van der Waals surface area (Å²) >= 11 is 3.24. The first-order chi connectivity index (χ1) is 7.09. The molecule has 0 aromatic carbocycles. The van der Waals surface area contributed by atoms with Gasteiger partial charge in [0.15, 0.2) is 16.1 Å². The molecule has 5 heteroatoms. The second kappa shape index (κ2) is 3.73. The number of aromatic nitrogens is 1. The van der Waals surface area contributed by atoms with Gasteiger partial charge in [-0.2, -0.15) is 0 Å². The fourth-order valence-corrected chi connectivity index (χ4v) is 1.79. The van der Waals surface area contributed by atoms with Crippen molar-refractivity contribution in [3.63, 3.8) is 0 Å². The zero-order valence-corrected chi connectivity index (χ0v) is 10.0. The van der Waals surface area contributed by atoms with Crippen LogP contribution in [0.5, 0.6) is 0 Å². The first kappa shape index (κ1) is 10.3. The van der Waals surface area contributed by atoms with Gasteiger partial charge in [-0.3, -0.25) is 0 Å². The fourth-order valence-electron chi connectivity index (χ4n) is 1.49. The zero-order chi connectivity index (χ0) is 11.0. The molecule has 2 aromatic heterocycles. The van der Waals surface area contributed by atoms with E-state index in [0.29, 0.717) is 22.0 Å². The first-order valence-corrected chi connectivity index (χ1v) is 5.39. The number of furan rings is 1. The zero-order valence-electron chi connectivity index (χ0n) is 8.45. The Morgan fingerprint density at radius 2 is 2.13 bits per heavy atom. The van der Waals surface area contributed by atoms with Gasteiger partial charge in [-0.1, -0.05) is 19.0 Å². The Labute approximate surface area is 95.6 Å². The molecular weight excluding hydrogens is 260 g/mol. The number of hydrogen-bond acceptors (Lipinski definition) is 4. The molecule has 0 amide bonds. The lowest BCUT2D eigenvalue weighted by atomic mass is 10.0. The molecule has 2 rings (SSSR count). The van der Waals surface area contributed by atoms with Crippen molar-refractivity contribution in [1.82, 2.24) is 5.16 Å². The highest BCUT2D eigenvalue weighted by Crippen LogP contribution is 2.34. The van der Waals surface area contributed by atoms with Gasteiger partial charge >= 0.3 is 0 Å². The monoisotopic (exact) mass is 270 g/mol. The summed E-state index contributed by atoms with van der Waals surface area (Å²) < 4.78 is 11.0. The third-order valence-electron chi connectivity index (χ3n) is 2.14. The molecular formula is C10H11BrN2O2. The van der Waals surface area contributed by atoms with Gasteiger partial charge in [-0.25, -0.2) is 0 Å². The Kier molecular flexibility index (Phi) is 2.56. The van der Waals surface area contributed by atoms with Gasteiger partial charge in [0.1, 0.15) is 0 Å². The van der Waals surface area contributed by atoms with Crippen molar-refractivity contribution in [2.75, 3.05) is 5.73 Å². The van der Waals surface area contributed by atoms with Crippen LogP contribution >= 0.6 is 15.9 Å². The van der Waals surface area contributed by atoms with E-state index in [-0.39, 0.29) is 5.92 Å². The van der Waals surface area contributed by atoms with E-state index in [1.165, 1.54) is 0 Å². The standard InChI is InChI=1S/C10H11BrN2O2/c1-5(2)8-9(13-15-10(8)12)6-3-4-7(11)14-6/h3-5H,12H2,1-2H3. The van der Waals surface area contributed by atoms with Gasteiger partial charge < -0.3 is 14.7 Å². The maximum absolute atomic E-state index is 5.70. The van der Waals surface area contributed by atoms with Gasteiger partial charge in [0, 0.05) is 0 Å². The van der Waals surface area contributed by atoms with E-state index >= 15 is 0 Å². The van der Waals surface area contributed by atoms with Crippen LogP contribution in [0.15, 0.2) is 25.7 Å². The highest BCUT2D eigenvalue weighted by atomic mass is 79.9. The van der Waals surface area contributed by atoms with Crippen LogP contribution in [0.2, 0.25) is 0 Å². The summed E-state index contributed by atoms with van der Waals surface area (Å²) in [6.45, 7) is 4.06. The van der Waals surface area contributed by atoms with Crippen LogP contribution < -0.4 is 5.73 Å². The Bertz CT molecular complexity index is 473. The van der Waals surface area contributed by atoms with Crippen molar-refractivity contribution < 1.29 is 8.94 Å². The van der Waals surface area contributed by atoms with Crippen LogP contribution in [0, 0.1) is 0 Å². The number of nitrogens with zero attached hydrogens (tertiary/aromatic N) is 1. The van der Waals surface area contributed by atoms with E-state index in [1.807, 2.05) is 26.0 Å². The second-order valence-corrected chi connectivity index (χ2v) is 4.35. The van der Waals surface area contributed by atoms with Gasteiger partial charge in [-0.15, -0.1) is 0 Å². The largest absolute Gasteiger partial charge is 0.448 e. The molecule has 0 saturated carbocycles. The smallest absolute Gasteiger partial charge is 0.226 e. The van der Waals surface area contributed by atoms with Crippen LogP contribution in [-0.4, -0.2) is 5.16 Å². The first-order valence-electron chi connectivity index (χ1n) is 4.60. The molecule has 0 radical (unpaired) electrons. The van der Waals surface area contributed by atoms with Gasteiger partial charge in [0.25, 0.3) is 0 Å². The molecule has 0 bridgehead atoms. The van der Waals surface area contributed by atoms with E-state index < -0.39 is 0 Å². The van der Waals surface area contributed by atoms with Crippen molar-refractivity contribution in [2.45, 2.75) is 19.8 Å². The molecule has 0 spiro atoms. The summed E-state index contributed by atoms with van der Waals surface area (Å²) in [6.07, 6.45) is 0. The van der Waals surface area contributed by atoms with Crippen LogP contribution in [0.3, 0.4) is 0 Å². The topological polar surface area (TPSA) is 65.2 Å². The summed E-state index contributed by atoms with van der Waals surface area (Å²) in [6, 6.07) is 3.64. The van der Waals surface area contributed by atoms with Crippen LogP contribution in [-0.2, 0) is 0 Å². The Morgan fingerprint density at radius 1 is 1.40 bits per heavy atom. The summed E-state index contributed by atoms with van der Waals surface area (Å²) in [7, 11) is 0. The number of anilines is 1.